The molecule has 0 aromatic carbocycles. The maximum atomic E-state index is 12.7. The van der Waals surface area contributed by atoms with Crippen molar-refractivity contribution >= 4 is 17.9 Å². The maximum absolute atomic E-state index is 12.7. The lowest BCUT2D eigenvalue weighted by Gasteiger charge is -2.18. The predicted octanol–water partition coefficient (Wildman–Crippen LogP) is 14.7. The summed E-state index contributed by atoms with van der Waals surface area (Å²) in [7, 11) is 0. The number of allylic oxidation sites excluding steroid dienone is 12. The normalized spacial score (nSPS) is 12.7. The Morgan fingerprint density at radius 1 is 0.375 bits per heavy atom. The van der Waals surface area contributed by atoms with Crippen molar-refractivity contribution in [3.63, 3.8) is 0 Å². The molecule has 1 unspecified atom stereocenters. The van der Waals surface area contributed by atoms with E-state index in [-0.39, 0.29) is 37.5 Å². The van der Waals surface area contributed by atoms with Gasteiger partial charge in [-0.25, -0.2) is 0 Å². The van der Waals surface area contributed by atoms with E-state index in [2.05, 4.69) is 39.0 Å². The summed E-state index contributed by atoms with van der Waals surface area (Å²) in [6.07, 6.45) is 54.7. The van der Waals surface area contributed by atoms with Gasteiger partial charge in [0.15, 0.2) is 6.10 Å². The number of hydrogen-bond acceptors (Lipinski definition) is 6. The molecule has 1 atom stereocenters. The molecular weight excluding hydrogens is 697 g/mol. The lowest BCUT2D eigenvalue weighted by atomic mass is 10.1. The van der Waals surface area contributed by atoms with E-state index in [4.69, 9.17) is 14.2 Å². The zero-order valence-electron chi connectivity index (χ0n) is 36.4. The van der Waals surface area contributed by atoms with Crippen molar-refractivity contribution in [2.45, 2.75) is 213 Å². The van der Waals surface area contributed by atoms with Crippen LogP contribution in [0.5, 0.6) is 0 Å². The minimum absolute atomic E-state index is 0.106. The quantitative estimate of drug-likeness (QED) is 0.0203. The van der Waals surface area contributed by atoms with E-state index in [0.717, 1.165) is 57.8 Å². The van der Waals surface area contributed by atoms with Crippen LogP contribution in [0.1, 0.15) is 207 Å². The first-order valence-electron chi connectivity index (χ1n) is 23.0. The average molecular weight is 781 g/mol. The van der Waals surface area contributed by atoms with Gasteiger partial charge in [0.2, 0.25) is 0 Å². The molecule has 0 rings (SSSR count). The zero-order valence-corrected chi connectivity index (χ0v) is 36.4. The van der Waals surface area contributed by atoms with Crippen molar-refractivity contribution in [1.29, 1.82) is 0 Å². The van der Waals surface area contributed by atoms with Gasteiger partial charge >= 0.3 is 17.9 Å². The summed E-state index contributed by atoms with van der Waals surface area (Å²) in [6.45, 7) is 6.38. The van der Waals surface area contributed by atoms with Gasteiger partial charge < -0.3 is 14.2 Å². The van der Waals surface area contributed by atoms with Gasteiger partial charge in [-0.1, -0.05) is 203 Å². The third-order valence-corrected chi connectivity index (χ3v) is 9.57. The van der Waals surface area contributed by atoms with Gasteiger partial charge in [0.05, 0.1) is 0 Å². The Kier molecular flexibility index (Phi) is 42.1. The fraction of sp³-hybridized carbons (Fsp3) is 0.700. The molecule has 0 saturated carbocycles. The summed E-state index contributed by atoms with van der Waals surface area (Å²) in [5.74, 6) is -0.997. The monoisotopic (exact) mass is 781 g/mol. The van der Waals surface area contributed by atoms with Crippen molar-refractivity contribution in [2.75, 3.05) is 13.2 Å². The molecule has 0 amide bonds. The Hall–Kier alpha value is -3.15. The molecule has 0 aliphatic rings. The lowest BCUT2D eigenvalue weighted by Crippen LogP contribution is -2.30. The molecule has 56 heavy (non-hydrogen) atoms. The molecule has 0 bridgehead atoms. The number of carbonyl (C=O) groups is 3. The molecule has 0 aromatic heterocycles. The summed E-state index contributed by atoms with van der Waals surface area (Å²) < 4.78 is 16.6. The van der Waals surface area contributed by atoms with Crippen molar-refractivity contribution < 1.29 is 28.6 Å². The second kappa shape index (κ2) is 44.6. The van der Waals surface area contributed by atoms with E-state index in [9.17, 15) is 14.4 Å². The van der Waals surface area contributed by atoms with E-state index in [1.54, 1.807) is 0 Å². The Labute approximate surface area is 344 Å². The van der Waals surface area contributed by atoms with Gasteiger partial charge in [-0.2, -0.15) is 0 Å². The molecule has 6 heteroatoms. The predicted molar refractivity (Wildman–Crippen MR) is 238 cm³/mol. The number of esters is 3. The van der Waals surface area contributed by atoms with Gasteiger partial charge in [0.1, 0.15) is 13.2 Å². The third-order valence-electron chi connectivity index (χ3n) is 9.57. The molecule has 0 aromatic rings. The minimum Gasteiger partial charge on any atom is -0.462 e. The lowest BCUT2D eigenvalue weighted by molar-refractivity contribution is -0.167. The highest BCUT2D eigenvalue weighted by Gasteiger charge is 2.19. The molecule has 320 valence electrons. The van der Waals surface area contributed by atoms with Crippen LogP contribution in [0.15, 0.2) is 72.9 Å². The number of unbranched alkanes of at least 4 members (excludes halogenated alkanes) is 21. The Morgan fingerprint density at radius 3 is 1.18 bits per heavy atom. The first-order chi connectivity index (χ1) is 27.5. The van der Waals surface area contributed by atoms with Crippen LogP contribution in [0.4, 0.5) is 0 Å². The average Bonchev–Trinajstić information content (AvgIpc) is 3.19. The van der Waals surface area contributed by atoms with Crippen LogP contribution in [0, 0.1) is 0 Å². The first kappa shape index (κ1) is 52.9. The molecule has 0 spiro atoms. The highest BCUT2D eigenvalue weighted by atomic mass is 16.6. The molecule has 6 nitrogen and oxygen atoms in total. The minimum atomic E-state index is -0.811. The number of hydrogen-bond donors (Lipinski definition) is 0. The van der Waals surface area contributed by atoms with Gasteiger partial charge in [-0.3, -0.25) is 14.4 Å². The summed E-state index contributed by atoms with van der Waals surface area (Å²) in [5.41, 5.74) is 0. The summed E-state index contributed by atoms with van der Waals surface area (Å²) in [4.78, 5) is 37.7. The van der Waals surface area contributed by atoms with Crippen molar-refractivity contribution in [2.24, 2.45) is 0 Å². The molecule has 0 fully saturated rings. The molecular formula is C50H84O6. The molecule has 0 aliphatic carbocycles. The fourth-order valence-electron chi connectivity index (χ4n) is 6.11. The van der Waals surface area contributed by atoms with Crippen LogP contribution < -0.4 is 0 Å². The van der Waals surface area contributed by atoms with Crippen LogP contribution in [-0.4, -0.2) is 37.2 Å². The second-order valence-electron chi connectivity index (χ2n) is 15.1. The van der Waals surface area contributed by atoms with E-state index >= 15 is 0 Å². The van der Waals surface area contributed by atoms with Crippen LogP contribution in [0.25, 0.3) is 0 Å². The van der Waals surface area contributed by atoms with Crippen LogP contribution in [-0.2, 0) is 28.6 Å². The maximum Gasteiger partial charge on any atom is 0.306 e. The zero-order chi connectivity index (χ0) is 40.8. The molecule has 0 radical (unpaired) electrons. The number of ether oxygens (including phenoxy) is 3. The van der Waals surface area contributed by atoms with Crippen LogP contribution in [0.3, 0.4) is 0 Å². The van der Waals surface area contributed by atoms with Crippen LogP contribution >= 0.6 is 0 Å². The summed E-state index contributed by atoms with van der Waals surface area (Å²) in [6, 6.07) is 0. The van der Waals surface area contributed by atoms with Gasteiger partial charge in [-0.05, 0) is 57.8 Å². The Bertz CT molecular complexity index is 1080. The van der Waals surface area contributed by atoms with Gasteiger partial charge in [0.25, 0.3) is 0 Å². The van der Waals surface area contributed by atoms with Crippen molar-refractivity contribution in [1.82, 2.24) is 0 Å². The molecule has 0 heterocycles. The topological polar surface area (TPSA) is 78.9 Å². The summed E-state index contributed by atoms with van der Waals surface area (Å²) >= 11 is 0. The number of carbonyl (C=O) groups excluding carboxylic acids is 3. The van der Waals surface area contributed by atoms with Crippen molar-refractivity contribution in [3.8, 4) is 0 Å². The number of rotatable bonds is 40. The largest absolute Gasteiger partial charge is 0.462 e. The van der Waals surface area contributed by atoms with E-state index in [1.165, 1.54) is 103 Å². The van der Waals surface area contributed by atoms with Crippen LogP contribution in [0.2, 0.25) is 0 Å². The first-order valence-corrected chi connectivity index (χ1v) is 23.0. The van der Waals surface area contributed by atoms with E-state index in [1.807, 2.05) is 54.7 Å². The highest BCUT2D eigenvalue weighted by molar-refractivity contribution is 5.71. The second-order valence-corrected chi connectivity index (χ2v) is 15.1. The smallest absolute Gasteiger partial charge is 0.306 e. The van der Waals surface area contributed by atoms with E-state index < -0.39 is 6.10 Å². The third kappa shape index (κ3) is 42.0. The molecule has 0 aliphatic heterocycles. The molecule has 0 saturated heterocycles. The Balaban J connectivity index is 4.46. The Morgan fingerprint density at radius 2 is 0.732 bits per heavy atom. The molecule has 0 N–H and O–H groups in total. The summed E-state index contributed by atoms with van der Waals surface area (Å²) in [5, 5.41) is 0. The van der Waals surface area contributed by atoms with E-state index in [0.29, 0.717) is 19.3 Å². The SMILES string of the molecule is CC\C=C/C=C\C=C/C=C\C=C/CCCC(=O)OC(COC(=O)CCCCCCC/C=C\CCCCCCCCC)COC(=O)CCCCCCCCCCC. The highest BCUT2D eigenvalue weighted by Crippen LogP contribution is 2.13. The van der Waals surface area contributed by atoms with Gasteiger partial charge in [0, 0.05) is 19.3 Å². The fourth-order valence-corrected chi connectivity index (χ4v) is 6.11. The van der Waals surface area contributed by atoms with Crippen molar-refractivity contribution in [3.05, 3.63) is 72.9 Å². The van der Waals surface area contributed by atoms with Gasteiger partial charge in [-0.15, -0.1) is 0 Å². The standard InChI is InChI=1S/C50H84O6/c1-4-7-10-13-16-19-21-23-24-25-27-28-31-34-37-40-43-49(52)55-46-47(45-54-48(51)42-39-36-33-30-18-15-12-9-6-3)56-50(53)44-41-38-35-32-29-26-22-20-17-14-11-8-5-2/h8,11,14,17,20,22,24-26,29,32,35,47H,4-7,9-10,12-13,15-16,18-19,21,23,27-28,30-31,33-34,36-46H2,1-3H3/b11-8-,17-14-,22-20-,25-24-,29-26-,35-32-.